The fraction of sp³-hybridized carbons (Fsp3) is 0.857. The topological polar surface area (TPSA) is 18.5 Å². The Morgan fingerprint density at radius 2 is 1.53 bits per heavy atom. The third-order valence-electron chi connectivity index (χ3n) is 4.42. The lowest BCUT2D eigenvalue weighted by molar-refractivity contribution is 0.00578. The predicted octanol–water partition coefficient (Wildman–Crippen LogP) is 3.75. The van der Waals surface area contributed by atoms with E-state index in [0.29, 0.717) is 0 Å². The van der Waals surface area contributed by atoms with E-state index in [4.69, 9.17) is 9.31 Å². The Bertz CT molecular complexity index is 326. The third-order valence-corrected chi connectivity index (χ3v) is 4.42. The molecule has 2 rings (SSSR count). The highest BCUT2D eigenvalue weighted by atomic mass is 16.7. The molecule has 0 aromatic carbocycles. The SMILES string of the molecule is CC1(C)C=C(B2OC(C)(C)C(C)(C)O2)CCC1. The van der Waals surface area contributed by atoms with Gasteiger partial charge >= 0.3 is 7.12 Å². The molecule has 17 heavy (non-hydrogen) atoms. The van der Waals surface area contributed by atoms with E-state index in [1.165, 1.54) is 18.3 Å². The van der Waals surface area contributed by atoms with Crippen molar-refractivity contribution >= 4 is 7.12 Å². The Balaban J connectivity index is 2.19. The molecule has 2 aliphatic rings. The summed E-state index contributed by atoms with van der Waals surface area (Å²) in [6.45, 7) is 13.0. The van der Waals surface area contributed by atoms with Crippen LogP contribution in [-0.4, -0.2) is 18.3 Å². The molecule has 0 bridgehead atoms. The van der Waals surface area contributed by atoms with Crippen molar-refractivity contribution in [3.63, 3.8) is 0 Å². The number of allylic oxidation sites excluding steroid dienone is 2. The molecule has 2 nitrogen and oxygen atoms in total. The van der Waals surface area contributed by atoms with Gasteiger partial charge in [-0.2, -0.15) is 0 Å². The maximum Gasteiger partial charge on any atom is 0.490 e. The second-order valence-corrected chi connectivity index (χ2v) is 7.15. The van der Waals surface area contributed by atoms with Gasteiger partial charge in [0, 0.05) is 0 Å². The van der Waals surface area contributed by atoms with Crippen LogP contribution in [0.2, 0.25) is 0 Å². The molecule has 1 aliphatic heterocycles. The van der Waals surface area contributed by atoms with Gasteiger partial charge in [-0.25, -0.2) is 0 Å². The summed E-state index contributed by atoms with van der Waals surface area (Å²) in [5.74, 6) is 0. The molecule has 96 valence electrons. The highest BCUT2D eigenvalue weighted by molar-refractivity contribution is 6.54. The average molecular weight is 236 g/mol. The molecule has 0 spiro atoms. The Kier molecular flexibility index (Phi) is 2.99. The number of hydrogen-bond donors (Lipinski definition) is 0. The van der Waals surface area contributed by atoms with Crippen molar-refractivity contribution in [1.29, 1.82) is 0 Å². The molecule has 0 radical (unpaired) electrons. The number of rotatable bonds is 1. The molecular formula is C14H25BO2. The summed E-state index contributed by atoms with van der Waals surface area (Å²) >= 11 is 0. The van der Waals surface area contributed by atoms with Gasteiger partial charge in [0.25, 0.3) is 0 Å². The summed E-state index contributed by atoms with van der Waals surface area (Å²) in [5, 5.41) is 0. The van der Waals surface area contributed by atoms with Gasteiger partial charge in [0.1, 0.15) is 0 Å². The summed E-state index contributed by atoms with van der Waals surface area (Å²) in [7, 11) is -0.139. The molecule has 0 aromatic rings. The third kappa shape index (κ3) is 2.46. The summed E-state index contributed by atoms with van der Waals surface area (Å²) < 4.78 is 12.2. The van der Waals surface area contributed by atoms with Crippen molar-refractivity contribution in [3.05, 3.63) is 11.5 Å². The lowest BCUT2D eigenvalue weighted by Gasteiger charge is -2.32. The van der Waals surface area contributed by atoms with Crippen LogP contribution in [0.4, 0.5) is 0 Å². The predicted molar refractivity (Wildman–Crippen MR) is 71.8 cm³/mol. The van der Waals surface area contributed by atoms with Crippen molar-refractivity contribution in [2.24, 2.45) is 5.41 Å². The van der Waals surface area contributed by atoms with E-state index >= 15 is 0 Å². The minimum Gasteiger partial charge on any atom is -0.400 e. The normalized spacial score (nSPS) is 30.2. The molecule has 0 unspecified atom stereocenters. The van der Waals surface area contributed by atoms with Crippen LogP contribution in [-0.2, 0) is 9.31 Å². The quantitative estimate of drug-likeness (QED) is 0.645. The smallest absolute Gasteiger partial charge is 0.400 e. The van der Waals surface area contributed by atoms with Gasteiger partial charge in [0.05, 0.1) is 11.2 Å². The highest BCUT2D eigenvalue weighted by Crippen LogP contribution is 2.42. The van der Waals surface area contributed by atoms with Crippen molar-refractivity contribution in [3.8, 4) is 0 Å². The largest absolute Gasteiger partial charge is 0.490 e. The highest BCUT2D eigenvalue weighted by Gasteiger charge is 2.52. The summed E-state index contributed by atoms with van der Waals surface area (Å²) in [4.78, 5) is 0. The first-order valence-electron chi connectivity index (χ1n) is 6.70. The first-order chi connectivity index (χ1) is 7.63. The van der Waals surface area contributed by atoms with Crippen molar-refractivity contribution in [2.45, 2.75) is 72.0 Å². The van der Waals surface area contributed by atoms with Gasteiger partial charge in [-0.15, -0.1) is 0 Å². The first kappa shape index (κ1) is 13.2. The van der Waals surface area contributed by atoms with Crippen LogP contribution in [0.3, 0.4) is 0 Å². The van der Waals surface area contributed by atoms with E-state index in [1.54, 1.807) is 0 Å². The Labute approximate surface area is 106 Å². The van der Waals surface area contributed by atoms with Crippen LogP contribution in [0.15, 0.2) is 11.5 Å². The van der Waals surface area contributed by atoms with Gasteiger partial charge in [-0.05, 0) is 57.8 Å². The fourth-order valence-corrected chi connectivity index (χ4v) is 2.57. The first-order valence-corrected chi connectivity index (χ1v) is 6.70. The minimum atomic E-state index is -0.222. The van der Waals surface area contributed by atoms with Crippen molar-refractivity contribution in [2.75, 3.05) is 0 Å². The van der Waals surface area contributed by atoms with Gasteiger partial charge in [-0.3, -0.25) is 0 Å². The average Bonchev–Trinajstić information content (AvgIpc) is 2.34. The lowest BCUT2D eigenvalue weighted by Crippen LogP contribution is -2.41. The molecule has 3 heteroatoms. The van der Waals surface area contributed by atoms with E-state index in [-0.39, 0.29) is 23.7 Å². The lowest BCUT2D eigenvalue weighted by atomic mass is 9.67. The standard InChI is InChI=1S/C14H25BO2/c1-12(2)9-7-8-11(10-12)15-16-13(3,4)14(5,6)17-15/h10H,7-9H2,1-6H3. The molecule has 1 aliphatic carbocycles. The fourth-order valence-electron chi connectivity index (χ4n) is 2.57. The van der Waals surface area contributed by atoms with Gasteiger partial charge < -0.3 is 9.31 Å². The summed E-state index contributed by atoms with van der Waals surface area (Å²) in [6.07, 6.45) is 5.97. The van der Waals surface area contributed by atoms with Crippen molar-refractivity contribution in [1.82, 2.24) is 0 Å². The van der Waals surface area contributed by atoms with Crippen LogP contribution < -0.4 is 0 Å². The second kappa shape index (κ2) is 3.86. The van der Waals surface area contributed by atoms with E-state index in [2.05, 4.69) is 47.6 Å². The molecular weight excluding hydrogens is 211 g/mol. The summed E-state index contributed by atoms with van der Waals surface area (Å²) in [6, 6.07) is 0. The van der Waals surface area contributed by atoms with E-state index in [9.17, 15) is 0 Å². The van der Waals surface area contributed by atoms with E-state index < -0.39 is 0 Å². The monoisotopic (exact) mass is 236 g/mol. The van der Waals surface area contributed by atoms with Gasteiger partial charge in [0.15, 0.2) is 0 Å². The maximum atomic E-state index is 6.11. The van der Waals surface area contributed by atoms with Crippen LogP contribution in [0.25, 0.3) is 0 Å². The zero-order valence-corrected chi connectivity index (χ0v) is 12.1. The minimum absolute atomic E-state index is 0.139. The van der Waals surface area contributed by atoms with Crippen LogP contribution in [0.1, 0.15) is 60.8 Å². The summed E-state index contributed by atoms with van der Waals surface area (Å²) in [5.41, 5.74) is 1.18. The molecule has 0 N–H and O–H groups in total. The molecule has 0 amide bonds. The Hall–Kier alpha value is -0.275. The van der Waals surface area contributed by atoms with Crippen LogP contribution in [0.5, 0.6) is 0 Å². The zero-order valence-electron chi connectivity index (χ0n) is 12.1. The second-order valence-electron chi connectivity index (χ2n) is 7.15. The van der Waals surface area contributed by atoms with Gasteiger partial charge in [0.2, 0.25) is 0 Å². The zero-order chi connectivity index (χ0) is 12.9. The number of hydrogen-bond acceptors (Lipinski definition) is 2. The Morgan fingerprint density at radius 1 is 1.00 bits per heavy atom. The van der Waals surface area contributed by atoms with E-state index in [0.717, 1.165) is 6.42 Å². The van der Waals surface area contributed by atoms with Crippen LogP contribution in [0, 0.1) is 5.41 Å². The molecule has 1 saturated heterocycles. The molecule has 0 atom stereocenters. The molecule has 0 aromatic heterocycles. The van der Waals surface area contributed by atoms with E-state index in [1.807, 2.05) is 0 Å². The van der Waals surface area contributed by atoms with Crippen molar-refractivity contribution < 1.29 is 9.31 Å². The maximum absolute atomic E-state index is 6.11. The molecule has 1 heterocycles. The Morgan fingerprint density at radius 3 is 2.00 bits per heavy atom. The molecule has 0 saturated carbocycles. The van der Waals surface area contributed by atoms with Crippen LogP contribution >= 0.6 is 0 Å². The van der Waals surface area contributed by atoms with Gasteiger partial charge in [-0.1, -0.05) is 19.9 Å². The molecule has 1 fully saturated rings.